The van der Waals surface area contributed by atoms with Crippen LogP contribution in [0, 0.1) is 0 Å². The van der Waals surface area contributed by atoms with Gasteiger partial charge < -0.3 is 5.73 Å². The Balaban J connectivity index is 2.18. The van der Waals surface area contributed by atoms with Gasteiger partial charge in [-0.2, -0.15) is 0 Å². The average molecular weight is 219 g/mol. The second-order valence-corrected chi connectivity index (χ2v) is 4.10. The topological polar surface area (TPSA) is 67.1 Å². The van der Waals surface area contributed by atoms with Crippen LogP contribution in [-0.2, 0) is 17.6 Å². The van der Waals surface area contributed by atoms with Gasteiger partial charge in [-0.15, -0.1) is 0 Å². The minimum absolute atomic E-state index is 0.208. The van der Waals surface area contributed by atoms with Crippen molar-refractivity contribution in [2.45, 2.75) is 25.3 Å². The van der Waals surface area contributed by atoms with Crippen LogP contribution in [0.5, 0.6) is 0 Å². The molecule has 1 aromatic rings. The molecule has 0 bridgehead atoms. The van der Waals surface area contributed by atoms with Crippen molar-refractivity contribution in [1.29, 1.82) is 0 Å². The lowest BCUT2D eigenvalue weighted by Crippen LogP contribution is -2.40. The highest BCUT2D eigenvalue weighted by Gasteiger charge is 2.18. The van der Waals surface area contributed by atoms with Gasteiger partial charge in [-0.25, -0.2) is 5.43 Å². The second kappa shape index (κ2) is 4.63. The van der Waals surface area contributed by atoms with Crippen molar-refractivity contribution < 1.29 is 4.79 Å². The fourth-order valence-electron chi connectivity index (χ4n) is 2.14. The number of nitrogens with one attached hydrogen (secondary N) is 2. The summed E-state index contributed by atoms with van der Waals surface area (Å²) in [6.07, 6.45) is 3.45. The molecule has 0 saturated carbocycles. The molecule has 1 aliphatic carbocycles. The van der Waals surface area contributed by atoms with E-state index in [1.54, 1.807) is 7.05 Å². The molecule has 1 aromatic carbocycles. The third-order valence-electron chi connectivity index (χ3n) is 3.01. The van der Waals surface area contributed by atoms with E-state index in [1.165, 1.54) is 17.5 Å². The first-order valence-corrected chi connectivity index (χ1v) is 5.56. The Bertz CT molecular complexity index is 403. The molecule has 1 atom stereocenters. The zero-order valence-electron chi connectivity index (χ0n) is 9.42. The molecule has 1 amide bonds. The van der Waals surface area contributed by atoms with E-state index in [9.17, 15) is 4.79 Å². The van der Waals surface area contributed by atoms with Gasteiger partial charge in [0, 0.05) is 7.05 Å². The summed E-state index contributed by atoms with van der Waals surface area (Å²) in [4.78, 5) is 11.5. The fraction of sp³-hybridized carbons (Fsp3) is 0.417. The predicted octanol–water partition coefficient (Wildman–Crippen LogP) is 0.426. The Morgan fingerprint density at radius 3 is 2.88 bits per heavy atom. The van der Waals surface area contributed by atoms with Crippen LogP contribution >= 0.6 is 0 Å². The Hall–Kier alpha value is -1.39. The summed E-state index contributed by atoms with van der Waals surface area (Å²) in [5, 5.41) is 0. The molecule has 0 radical (unpaired) electrons. The lowest BCUT2D eigenvalue weighted by atomic mass is 10.0. The smallest absolute Gasteiger partial charge is 0.255 e. The third-order valence-corrected chi connectivity index (χ3v) is 3.01. The number of rotatable bonds is 3. The number of carbonyl (C=O) groups excluding carboxylic acids is 1. The van der Waals surface area contributed by atoms with E-state index < -0.39 is 6.04 Å². The lowest BCUT2D eigenvalue weighted by molar-refractivity contribution is -0.123. The van der Waals surface area contributed by atoms with Gasteiger partial charge in [0.2, 0.25) is 0 Å². The van der Waals surface area contributed by atoms with E-state index in [1.807, 2.05) is 6.07 Å². The monoisotopic (exact) mass is 219 g/mol. The van der Waals surface area contributed by atoms with Gasteiger partial charge in [-0.1, -0.05) is 18.2 Å². The van der Waals surface area contributed by atoms with E-state index in [-0.39, 0.29) is 5.91 Å². The summed E-state index contributed by atoms with van der Waals surface area (Å²) in [6, 6.07) is 5.49. The maximum atomic E-state index is 11.5. The van der Waals surface area contributed by atoms with Crippen LogP contribution in [-0.4, -0.2) is 13.0 Å². The molecule has 0 saturated heterocycles. The normalized spacial score (nSPS) is 15.6. The van der Waals surface area contributed by atoms with E-state index in [4.69, 9.17) is 5.73 Å². The summed E-state index contributed by atoms with van der Waals surface area (Å²) in [6.45, 7) is 0. The molecule has 4 N–H and O–H groups in total. The van der Waals surface area contributed by atoms with Crippen LogP contribution in [0.25, 0.3) is 0 Å². The van der Waals surface area contributed by atoms with Gasteiger partial charge >= 0.3 is 0 Å². The van der Waals surface area contributed by atoms with Crippen molar-refractivity contribution >= 4 is 5.91 Å². The van der Waals surface area contributed by atoms with Crippen LogP contribution in [0.4, 0.5) is 0 Å². The van der Waals surface area contributed by atoms with Crippen LogP contribution in [0.3, 0.4) is 0 Å². The SMILES string of the molecule is CNNC(=O)C(N)c1ccc2c(c1)CCC2. The fourth-order valence-corrected chi connectivity index (χ4v) is 2.14. The molecule has 4 heteroatoms. The minimum atomic E-state index is -0.599. The number of hydrazine groups is 1. The Morgan fingerprint density at radius 2 is 2.12 bits per heavy atom. The van der Waals surface area contributed by atoms with Crippen molar-refractivity contribution in [1.82, 2.24) is 10.9 Å². The molecular formula is C12H17N3O. The maximum absolute atomic E-state index is 11.5. The third kappa shape index (κ3) is 2.08. The molecule has 0 heterocycles. The zero-order chi connectivity index (χ0) is 11.5. The van der Waals surface area contributed by atoms with Crippen LogP contribution in [0.1, 0.15) is 29.2 Å². The molecule has 1 aliphatic rings. The molecule has 1 unspecified atom stereocenters. The number of aryl methyl sites for hydroxylation is 2. The number of carbonyl (C=O) groups is 1. The summed E-state index contributed by atoms with van der Waals surface area (Å²) < 4.78 is 0. The Labute approximate surface area is 95.2 Å². The van der Waals surface area contributed by atoms with Gasteiger partial charge in [0.1, 0.15) is 6.04 Å². The molecular weight excluding hydrogens is 202 g/mol. The average Bonchev–Trinajstić information content (AvgIpc) is 2.75. The summed E-state index contributed by atoms with van der Waals surface area (Å²) in [7, 11) is 1.65. The first kappa shape index (κ1) is 11.1. The minimum Gasteiger partial charge on any atom is -0.316 e. The van der Waals surface area contributed by atoms with Crippen molar-refractivity contribution in [3.8, 4) is 0 Å². The number of fused-ring (bicyclic) bond motifs is 1. The first-order valence-electron chi connectivity index (χ1n) is 5.56. The molecule has 0 spiro atoms. The summed E-state index contributed by atoms with van der Waals surface area (Å²) >= 11 is 0. The molecule has 4 nitrogen and oxygen atoms in total. The number of hydrogen-bond acceptors (Lipinski definition) is 3. The maximum Gasteiger partial charge on any atom is 0.255 e. The first-order chi connectivity index (χ1) is 7.72. The largest absolute Gasteiger partial charge is 0.316 e. The van der Waals surface area contributed by atoms with Crippen LogP contribution in [0.15, 0.2) is 18.2 Å². The van der Waals surface area contributed by atoms with Crippen molar-refractivity contribution in [3.63, 3.8) is 0 Å². The van der Waals surface area contributed by atoms with E-state index in [0.717, 1.165) is 18.4 Å². The van der Waals surface area contributed by atoms with E-state index in [0.29, 0.717) is 0 Å². The highest BCUT2D eigenvalue weighted by molar-refractivity contribution is 5.82. The van der Waals surface area contributed by atoms with Crippen LogP contribution < -0.4 is 16.6 Å². The number of nitrogens with two attached hydrogens (primary N) is 1. The molecule has 0 fully saturated rings. The summed E-state index contributed by atoms with van der Waals surface area (Å²) in [5.41, 5.74) is 14.6. The predicted molar refractivity (Wildman–Crippen MR) is 62.6 cm³/mol. The van der Waals surface area contributed by atoms with E-state index >= 15 is 0 Å². The van der Waals surface area contributed by atoms with Crippen molar-refractivity contribution in [3.05, 3.63) is 34.9 Å². The summed E-state index contributed by atoms with van der Waals surface area (Å²) in [5.74, 6) is -0.208. The quantitative estimate of drug-likeness (QED) is 0.646. The van der Waals surface area contributed by atoms with Gasteiger partial charge in [0.15, 0.2) is 0 Å². The number of benzene rings is 1. The molecule has 0 aromatic heterocycles. The lowest BCUT2D eigenvalue weighted by Gasteiger charge is -2.13. The Morgan fingerprint density at radius 1 is 1.38 bits per heavy atom. The van der Waals surface area contributed by atoms with Crippen molar-refractivity contribution in [2.24, 2.45) is 5.73 Å². The standard InChI is InChI=1S/C12H17N3O/c1-14-15-12(16)11(13)10-6-5-8-3-2-4-9(8)7-10/h5-7,11,14H,2-4,13H2,1H3,(H,15,16). The Kier molecular flexibility index (Phi) is 3.22. The molecule has 0 aliphatic heterocycles. The van der Waals surface area contributed by atoms with Gasteiger partial charge in [0.05, 0.1) is 0 Å². The number of hydrogen-bond donors (Lipinski definition) is 3. The molecule has 2 rings (SSSR count). The molecule has 86 valence electrons. The van der Waals surface area contributed by atoms with Gasteiger partial charge in [-0.3, -0.25) is 10.2 Å². The number of amides is 1. The van der Waals surface area contributed by atoms with Crippen LogP contribution in [0.2, 0.25) is 0 Å². The highest BCUT2D eigenvalue weighted by atomic mass is 16.2. The second-order valence-electron chi connectivity index (χ2n) is 4.10. The van der Waals surface area contributed by atoms with Gasteiger partial charge in [-0.05, 0) is 36.0 Å². The molecule has 16 heavy (non-hydrogen) atoms. The van der Waals surface area contributed by atoms with Crippen molar-refractivity contribution in [2.75, 3.05) is 7.05 Å². The zero-order valence-corrected chi connectivity index (χ0v) is 9.42. The van der Waals surface area contributed by atoms with Gasteiger partial charge in [0.25, 0.3) is 5.91 Å². The van der Waals surface area contributed by atoms with E-state index in [2.05, 4.69) is 23.0 Å². The highest BCUT2D eigenvalue weighted by Crippen LogP contribution is 2.24.